The maximum atomic E-state index is 12.7. The summed E-state index contributed by atoms with van der Waals surface area (Å²) in [5.74, 6) is -1.67. The van der Waals surface area contributed by atoms with E-state index in [4.69, 9.17) is 10.2 Å². The fourth-order valence-corrected chi connectivity index (χ4v) is 1.41. The van der Waals surface area contributed by atoms with Crippen LogP contribution < -0.4 is 0 Å². The Morgan fingerprint density at radius 1 is 1.24 bits per heavy atom. The van der Waals surface area contributed by atoms with Crippen LogP contribution in [0.5, 0.6) is 5.75 Å². The molecule has 0 radical (unpaired) electrons. The number of amides is 1. The van der Waals surface area contributed by atoms with Gasteiger partial charge in [0.1, 0.15) is 11.6 Å². The van der Waals surface area contributed by atoms with Gasteiger partial charge in [-0.1, -0.05) is 0 Å². The third-order valence-electron chi connectivity index (χ3n) is 2.22. The molecule has 1 rings (SSSR count). The number of carbonyl (C=O) groups is 1. The van der Waals surface area contributed by atoms with Crippen LogP contribution in [0.25, 0.3) is 0 Å². The lowest BCUT2D eigenvalue weighted by Gasteiger charge is -2.21. The topological polar surface area (TPSA) is 81.0 Å². The molecule has 0 atom stereocenters. The van der Waals surface area contributed by atoms with Crippen LogP contribution >= 0.6 is 0 Å². The molecule has 6 heteroatoms. The van der Waals surface area contributed by atoms with E-state index in [-0.39, 0.29) is 31.9 Å². The van der Waals surface area contributed by atoms with E-state index in [2.05, 4.69) is 0 Å². The van der Waals surface area contributed by atoms with Crippen LogP contribution in [0.1, 0.15) is 10.4 Å². The zero-order valence-electron chi connectivity index (χ0n) is 9.14. The van der Waals surface area contributed by atoms with Gasteiger partial charge in [0.25, 0.3) is 5.91 Å². The number of halogens is 1. The van der Waals surface area contributed by atoms with E-state index >= 15 is 0 Å². The van der Waals surface area contributed by atoms with Crippen molar-refractivity contribution in [1.82, 2.24) is 4.90 Å². The molecular weight excluding hydrogens is 229 g/mol. The summed E-state index contributed by atoms with van der Waals surface area (Å²) in [6.45, 7) is -0.437. The van der Waals surface area contributed by atoms with Crippen molar-refractivity contribution < 1.29 is 24.5 Å². The number of carbonyl (C=O) groups excluding carboxylic acids is 1. The van der Waals surface area contributed by atoms with Gasteiger partial charge < -0.3 is 20.2 Å². The third kappa shape index (κ3) is 3.40. The first-order chi connectivity index (χ1) is 8.10. The Balaban J connectivity index is 2.92. The average molecular weight is 243 g/mol. The molecule has 0 saturated carbocycles. The average Bonchev–Trinajstić information content (AvgIpc) is 2.28. The van der Waals surface area contributed by atoms with Crippen molar-refractivity contribution in [3.05, 3.63) is 29.6 Å². The Morgan fingerprint density at radius 2 is 1.82 bits per heavy atom. The van der Waals surface area contributed by atoms with Gasteiger partial charge in [-0.15, -0.1) is 0 Å². The second-order valence-corrected chi connectivity index (χ2v) is 3.40. The fourth-order valence-electron chi connectivity index (χ4n) is 1.41. The van der Waals surface area contributed by atoms with E-state index in [0.29, 0.717) is 0 Å². The maximum Gasteiger partial charge on any atom is 0.257 e. The van der Waals surface area contributed by atoms with Gasteiger partial charge in [0.2, 0.25) is 0 Å². The van der Waals surface area contributed by atoms with Crippen molar-refractivity contribution >= 4 is 5.91 Å². The lowest BCUT2D eigenvalue weighted by Crippen LogP contribution is -2.35. The predicted molar refractivity (Wildman–Crippen MR) is 58.1 cm³/mol. The molecule has 0 saturated heterocycles. The van der Waals surface area contributed by atoms with Crippen LogP contribution in [0.2, 0.25) is 0 Å². The summed E-state index contributed by atoms with van der Waals surface area (Å²) in [4.78, 5) is 13.1. The number of hydrogen-bond acceptors (Lipinski definition) is 4. The van der Waals surface area contributed by atoms with Crippen LogP contribution in [-0.2, 0) is 0 Å². The summed E-state index contributed by atoms with van der Waals surface area (Å²) < 4.78 is 12.7. The highest BCUT2D eigenvalue weighted by Crippen LogP contribution is 2.19. The summed E-state index contributed by atoms with van der Waals surface area (Å²) in [7, 11) is 0. The second-order valence-electron chi connectivity index (χ2n) is 3.40. The molecule has 0 aliphatic rings. The molecule has 0 fully saturated rings. The lowest BCUT2D eigenvalue weighted by atomic mass is 10.1. The second kappa shape index (κ2) is 6.17. The van der Waals surface area contributed by atoms with E-state index in [1.165, 1.54) is 4.90 Å². The van der Waals surface area contributed by atoms with Gasteiger partial charge in [0, 0.05) is 19.2 Å². The van der Waals surface area contributed by atoms with Gasteiger partial charge in [0.05, 0.1) is 18.8 Å². The number of aliphatic hydroxyl groups is 2. The Kier molecular flexibility index (Phi) is 4.86. The molecule has 0 heterocycles. The van der Waals surface area contributed by atoms with Crippen LogP contribution in [-0.4, -0.2) is 52.4 Å². The van der Waals surface area contributed by atoms with Crippen LogP contribution in [0, 0.1) is 5.82 Å². The van der Waals surface area contributed by atoms with E-state index in [1.807, 2.05) is 0 Å². The summed E-state index contributed by atoms with van der Waals surface area (Å²) in [5, 5.41) is 27.0. The number of phenolic OH excluding ortho intramolecular Hbond substituents is 1. The Hall–Kier alpha value is -1.66. The molecule has 1 amide bonds. The number of benzene rings is 1. The number of aliphatic hydroxyl groups excluding tert-OH is 2. The summed E-state index contributed by atoms with van der Waals surface area (Å²) in [5.41, 5.74) is -0.0618. The summed E-state index contributed by atoms with van der Waals surface area (Å²) >= 11 is 0. The molecule has 94 valence electrons. The third-order valence-corrected chi connectivity index (χ3v) is 2.22. The first kappa shape index (κ1) is 13.4. The number of aromatic hydroxyl groups is 1. The Labute approximate surface area is 97.7 Å². The molecule has 0 spiro atoms. The minimum Gasteiger partial charge on any atom is -0.507 e. The highest BCUT2D eigenvalue weighted by molar-refractivity contribution is 5.96. The van der Waals surface area contributed by atoms with Crippen molar-refractivity contribution in [3.63, 3.8) is 0 Å². The highest BCUT2D eigenvalue weighted by Gasteiger charge is 2.18. The number of nitrogens with zero attached hydrogens (tertiary/aromatic N) is 1. The lowest BCUT2D eigenvalue weighted by molar-refractivity contribution is 0.0681. The summed E-state index contributed by atoms with van der Waals surface area (Å²) in [6, 6.07) is 3.06. The Morgan fingerprint density at radius 3 is 2.29 bits per heavy atom. The van der Waals surface area contributed by atoms with E-state index in [1.54, 1.807) is 0 Å². The predicted octanol–water partition coefficient (Wildman–Crippen LogP) is -0.0419. The summed E-state index contributed by atoms with van der Waals surface area (Å²) in [6.07, 6.45) is 0. The van der Waals surface area contributed by atoms with Crippen molar-refractivity contribution in [2.24, 2.45) is 0 Å². The number of phenols is 1. The van der Waals surface area contributed by atoms with Crippen molar-refractivity contribution in [3.8, 4) is 5.75 Å². The first-order valence-corrected chi connectivity index (χ1v) is 5.09. The van der Waals surface area contributed by atoms with Gasteiger partial charge >= 0.3 is 0 Å². The molecule has 0 aliphatic heterocycles. The van der Waals surface area contributed by atoms with Crippen LogP contribution in [0.15, 0.2) is 18.2 Å². The standard InChI is InChI=1S/C11H14FNO4/c12-8-1-2-9(10(16)7-8)11(17)13(3-5-14)4-6-15/h1-2,7,14-16H,3-6H2. The monoisotopic (exact) mass is 243 g/mol. The zero-order valence-corrected chi connectivity index (χ0v) is 9.14. The molecule has 3 N–H and O–H groups in total. The van der Waals surface area contributed by atoms with Crippen LogP contribution in [0.4, 0.5) is 4.39 Å². The number of rotatable bonds is 5. The zero-order chi connectivity index (χ0) is 12.8. The molecule has 0 aromatic heterocycles. The van der Waals surface area contributed by atoms with Crippen molar-refractivity contribution in [2.75, 3.05) is 26.3 Å². The molecule has 0 unspecified atom stereocenters. The van der Waals surface area contributed by atoms with E-state index in [9.17, 15) is 14.3 Å². The number of hydrogen-bond donors (Lipinski definition) is 3. The van der Waals surface area contributed by atoms with Gasteiger partial charge in [0.15, 0.2) is 0 Å². The van der Waals surface area contributed by atoms with Crippen molar-refractivity contribution in [2.45, 2.75) is 0 Å². The molecule has 1 aromatic carbocycles. The van der Waals surface area contributed by atoms with Crippen molar-refractivity contribution in [1.29, 1.82) is 0 Å². The normalized spacial score (nSPS) is 10.3. The van der Waals surface area contributed by atoms with Crippen LogP contribution in [0.3, 0.4) is 0 Å². The molecule has 0 bridgehead atoms. The van der Waals surface area contributed by atoms with E-state index < -0.39 is 17.5 Å². The Bertz CT molecular complexity index is 391. The van der Waals surface area contributed by atoms with Gasteiger partial charge in [-0.25, -0.2) is 4.39 Å². The molecule has 5 nitrogen and oxygen atoms in total. The van der Waals surface area contributed by atoms with E-state index in [0.717, 1.165) is 18.2 Å². The molecule has 0 aliphatic carbocycles. The smallest absolute Gasteiger partial charge is 0.257 e. The fraction of sp³-hybridized carbons (Fsp3) is 0.364. The molecular formula is C11H14FNO4. The first-order valence-electron chi connectivity index (χ1n) is 5.09. The minimum atomic E-state index is -0.644. The van der Waals surface area contributed by atoms with Gasteiger partial charge in [-0.3, -0.25) is 4.79 Å². The largest absolute Gasteiger partial charge is 0.507 e. The van der Waals surface area contributed by atoms with Gasteiger partial charge in [-0.05, 0) is 12.1 Å². The maximum absolute atomic E-state index is 12.7. The quantitative estimate of drug-likeness (QED) is 0.677. The minimum absolute atomic E-state index is 0.0379. The SMILES string of the molecule is O=C(c1ccc(F)cc1O)N(CCO)CCO. The highest BCUT2D eigenvalue weighted by atomic mass is 19.1. The molecule has 1 aromatic rings. The molecule has 17 heavy (non-hydrogen) atoms. The van der Waals surface area contributed by atoms with Gasteiger partial charge in [-0.2, -0.15) is 0 Å².